The van der Waals surface area contributed by atoms with Crippen LogP contribution in [0.2, 0.25) is 0 Å². The molecule has 152 valence electrons. The minimum atomic E-state index is 0.673. The maximum absolute atomic E-state index is 4.94. The lowest BCUT2D eigenvalue weighted by Gasteiger charge is -2.44. The average molecular weight is 397 g/mol. The summed E-state index contributed by atoms with van der Waals surface area (Å²) in [5.74, 6) is 0. The molecule has 0 amide bonds. The summed E-state index contributed by atoms with van der Waals surface area (Å²) in [7, 11) is 0. The maximum atomic E-state index is 4.94. The van der Waals surface area contributed by atoms with Gasteiger partial charge < -0.3 is 15.1 Å². The molecule has 2 saturated carbocycles. The molecule has 0 atom stereocenters. The fourth-order valence-electron chi connectivity index (χ4n) is 4.80. The predicted octanol–water partition coefficient (Wildman–Crippen LogP) is 5.13. The molecule has 0 unspecified atom stereocenters. The van der Waals surface area contributed by atoms with Gasteiger partial charge >= 0.3 is 0 Å². The van der Waals surface area contributed by atoms with Gasteiger partial charge in [0.1, 0.15) is 0 Å². The lowest BCUT2D eigenvalue weighted by molar-refractivity contribution is 0.129. The molecule has 3 aromatic rings. The quantitative estimate of drug-likeness (QED) is 0.648. The van der Waals surface area contributed by atoms with E-state index in [2.05, 4.69) is 82.1 Å². The van der Waals surface area contributed by atoms with Crippen molar-refractivity contribution in [2.45, 2.75) is 50.2 Å². The zero-order chi connectivity index (χ0) is 19.9. The van der Waals surface area contributed by atoms with Crippen molar-refractivity contribution in [1.29, 1.82) is 0 Å². The second-order valence-electron chi connectivity index (χ2n) is 8.98. The molecular formula is C26H28N4. The molecule has 0 saturated heterocycles. The molecule has 1 aliphatic heterocycles. The Hall–Kier alpha value is -2.85. The molecule has 1 aromatic heterocycles. The highest BCUT2D eigenvalue weighted by atomic mass is 15.4. The summed E-state index contributed by atoms with van der Waals surface area (Å²) in [6.45, 7) is 0.935. The first-order valence-electron chi connectivity index (χ1n) is 11.2. The smallest absolute Gasteiger partial charge is 0.0944 e. The molecule has 0 bridgehead atoms. The summed E-state index contributed by atoms with van der Waals surface area (Å²) in [6, 6.07) is 23.5. The van der Waals surface area contributed by atoms with Crippen LogP contribution in [0, 0.1) is 0 Å². The van der Waals surface area contributed by atoms with E-state index in [4.69, 9.17) is 4.98 Å². The topological polar surface area (TPSA) is 31.4 Å². The Morgan fingerprint density at radius 1 is 0.867 bits per heavy atom. The van der Waals surface area contributed by atoms with Crippen LogP contribution in [0.25, 0.3) is 22.2 Å². The van der Waals surface area contributed by atoms with Crippen molar-refractivity contribution in [2.24, 2.45) is 0 Å². The van der Waals surface area contributed by atoms with Crippen molar-refractivity contribution in [1.82, 2.24) is 15.2 Å². The highest BCUT2D eigenvalue weighted by molar-refractivity contribution is 5.85. The third-order valence-corrected chi connectivity index (χ3v) is 6.99. The van der Waals surface area contributed by atoms with Gasteiger partial charge in [-0.25, -0.2) is 4.98 Å². The third kappa shape index (κ3) is 3.35. The third-order valence-electron chi connectivity index (χ3n) is 6.99. The Balaban J connectivity index is 1.14. The first-order valence-corrected chi connectivity index (χ1v) is 11.2. The summed E-state index contributed by atoms with van der Waals surface area (Å²) >= 11 is 0. The Morgan fingerprint density at radius 2 is 1.70 bits per heavy atom. The van der Waals surface area contributed by atoms with Crippen LogP contribution >= 0.6 is 0 Å². The van der Waals surface area contributed by atoms with Gasteiger partial charge in [0.2, 0.25) is 0 Å². The van der Waals surface area contributed by atoms with Gasteiger partial charge in [0.25, 0.3) is 0 Å². The molecule has 0 radical (unpaired) electrons. The van der Waals surface area contributed by atoms with Crippen molar-refractivity contribution < 1.29 is 0 Å². The Kier molecular flexibility index (Phi) is 4.45. The van der Waals surface area contributed by atoms with E-state index in [-0.39, 0.29) is 0 Å². The van der Waals surface area contributed by atoms with Crippen LogP contribution in [0.3, 0.4) is 0 Å². The van der Waals surface area contributed by atoms with Crippen molar-refractivity contribution in [3.63, 3.8) is 0 Å². The molecule has 2 aromatic carbocycles. The normalized spacial score (nSPS) is 23.6. The van der Waals surface area contributed by atoms with Crippen molar-refractivity contribution in [2.75, 3.05) is 11.6 Å². The molecule has 2 fully saturated rings. The number of aromatic nitrogens is 1. The number of pyridine rings is 1. The van der Waals surface area contributed by atoms with Crippen LogP contribution in [0.4, 0.5) is 5.69 Å². The number of benzene rings is 2. The molecule has 2 heterocycles. The number of nitrogens with zero attached hydrogens (tertiary/aromatic N) is 3. The monoisotopic (exact) mass is 396 g/mol. The summed E-state index contributed by atoms with van der Waals surface area (Å²) < 4.78 is 0. The summed E-state index contributed by atoms with van der Waals surface area (Å²) in [6.07, 6.45) is 11.2. The second-order valence-corrected chi connectivity index (χ2v) is 8.98. The molecule has 6 rings (SSSR count). The van der Waals surface area contributed by atoms with E-state index >= 15 is 0 Å². The lowest BCUT2D eigenvalue weighted by Crippen LogP contribution is -2.55. The number of hydrogen-bond donors (Lipinski definition) is 1. The van der Waals surface area contributed by atoms with Gasteiger partial charge in [-0.1, -0.05) is 48.9 Å². The van der Waals surface area contributed by atoms with Gasteiger partial charge in [0.05, 0.1) is 17.9 Å². The average Bonchev–Trinajstić information content (AvgIpc) is 3.21. The van der Waals surface area contributed by atoms with Crippen LogP contribution in [0.15, 0.2) is 73.1 Å². The van der Waals surface area contributed by atoms with Gasteiger partial charge in [-0.3, -0.25) is 0 Å². The van der Waals surface area contributed by atoms with Gasteiger partial charge in [-0.05, 0) is 43.9 Å². The van der Waals surface area contributed by atoms with Gasteiger partial charge in [-0.15, -0.1) is 0 Å². The van der Waals surface area contributed by atoms with Gasteiger partial charge in [0, 0.05) is 47.2 Å². The number of anilines is 1. The van der Waals surface area contributed by atoms with E-state index in [0.29, 0.717) is 6.04 Å². The van der Waals surface area contributed by atoms with Crippen LogP contribution < -0.4 is 10.2 Å². The number of fused-ring (bicyclic) bond motifs is 1. The summed E-state index contributed by atoms with van der Waals surface area (Å²) in [5, 5.41) is 5.00. The number of rotatable bonds is 5. The molecule has 1 N–H and O–H groups in total. The van der Waals surface area contributed by atoms with Crippen LogP contribution in [0.5, 0.6) is 0 Å². The molecular weight excluding hydrogens is 368 g/mol. The highest BCUT2D eigenvalue weighted by Gasteiger charge is 2.36. The zero-order valence-electron chi connectivity index (χ0n) is 17.2. The highest BCUT2D eigenvalue weighted by Crippen LogP contribution is 2.33. The molecule has 4 heteroatoms. The van der Waals surface area contributed by atoms with E-state index in [1.165, 1.54) is 43.2 Å². The Morgan fingerprint density at radius 3 is 2.50 bits per heavy atom. The van der Waals surface area contributed by atoms with Crippen LogP contribution in [-0.2, 0) is 0 Å². The lowest BCUT2D eigenvalue weighted by atomic mass is 9.83. The SMILES string of the molecule is C1=CN(C2CC(NC3CCC3)C2)CN1c1ccc2ccc(-c3ccccc3)nc2c1. The Bertz CT molecular complexity index is 1070. The minimum Gasteiger partial charge on any atom is -0.355 e. The van der Waals surface area contributed by atoms with E-state index < -0.39 is 0 Å². The van der Waals surface area contributed by atoms with Crippen LogP contribution in [-0.4, -0.2) is 34.7 Å². The summed E-state index contributed by atoms with van der Waals surface area (Å²) in [4.78, 5) is 9.77. The van der Waals surface area contributed by atoms with Crippen molar-refractivity contribution >= 4 is 16.6 Å². The van der Waals surface area contributed by atoms with E-state index in [0.717, 1.165) is 35.5 Å². The summed E-state index contributed by atoms with van der Waals surface area (Å²) in [5.41, 5.74) is 4.45. The molecule has 0 spiro atoms. The predicted molar refractivity (Wildman–Crippen MR) is 123 cm³/mol. The van der Waals surface area contributed by atoms with Gasteiger partial charge in [-0.2, -0.15) is 0 Å². The van der Waals surface area contributed by atoms with Crippen LogP contribution in [0.1, 0.15) is 32.1 Å². The van der Waals surface area contributed by atoms with Crippen molar-refractivity contribution in [3.05, 3.63) is 73.1 Å². The van der Waals surface area contributed by atoms with E-state index in [1.54, 1.807) is 0 Å². The van der Waals surface area contributed by atoms with Gasteiger partial charge in [0.15, 0.2) is 0 Å². The molecule has 30 heavy (non-hydrogen) atoms. The van der Waals surface area contributed by atoms with E-state index in [9.17, 15) is 0 Å². The minimum absolute atomic E-state index is 0.673. The molecule has 2 aliphatic carbocycles. The first-order chi connectivity index (χ1) is 14.8. The molecule has 4 nitrogen and oxygen atoms in total. The fourth-order valence-corrected chi connectivity index (χ4v) is 4.80. The van der Waals surface area contributed by atoms with E-state index in [1.807, 2.05) is 6.07 Å². The molecule has 3 aliphatic rings. The number of hydrogen-bond acceptors (Lipinski definition) is 4. The largest absolute Gasteiger partial charge is 0.355 e. The Labute approximate surface area is 178 Å². The fraction of sp³-hybridized carbons (Fsp3) is 0.346. The first kappa shape index (κ1) is 18.0. The maximum Gasteiger partial charge on any atom is 0.0944 e. The standard InChI is InChI=1S/C26H28N4/c1-2-5-19(6-3-1)25-12-10-20-9-11-23(17-26(20)28-25)29-13-14-30(18-29)24-15-22(16-24)27-21-7-4-8-21/h1-3,5-6,9-14,17,21-22,24,27H,4,7-8,15-16,18H2. The number of nitrogens with one attached hydrogen (secondary N) is 1. The van der Waals surface area contributed by atoms with Crippen molar-refractivity contribution in [3.8, 4) is 11.3 Å². The zero-order valence-corrected chi connectivity index (χ0v) is 17.2. The second kappa shape index (κ2) is 7.44.